The molecule has 0 unspecified atom stereocenters. The van der Waals surface area contributed by atoms with E-state index >= 15 is 0 Å². The number of halogens is 1. The van der Waals surface area contributed by atoms with Gasteiger partial charge in [0.2, 0.25) is 0 Å². The highest BCUT2D eigenvalue weighted by atomic mass is 19.1. The number of benzene rings is 3. The van der Waals surface area contributed by atoms with Crippen LogP contribution >= 0.6 is 0 Å². The molecule has 1 amide bonds. The molecule has 1 heterocycles. The lowest BCUT2D eigenvalue weighted by atomic mass is 9.85. The van der Waals surface area contributed by atoms with Crippen molar-refractivity contribution in [3.05, 3.63) is 94.8 Å². The molecule has 0 bridgehead atoms. The molecule has 3 aromatic carbocycles. The van der Waals surface area contributed by atoms with Gasteiger partial charge < -0.3 is 10.1 Å². The second kappa shape index (κ2) is 8.98. The summed E-state index contributed by atoms with van der Waals surface area (Å²) in [4.78, 5) is 30.5. The second-order valence-electron chi connectivity index (χ2n) is 8.71. The van der Waals surface area contributed by atoms with E-state index in [1.165, 1.54) is 24.3 Å². The number of anilines is 1. The predicted octanol–water partition coefficient (Wildman–Crippen LogP) is 5.48. The smallest absolute Gasteiger partial charge is 0.255 e. The van der Waals surface area contributed by atoms with Gasteiger partial charge in [-0.05, 0) is 74.4 Å². The monoisotopic (exact) mass is 444 g/mol. The van der Waals surface area contributed by atoms with Crippen LogP contribution in [0.3, 0.4) is 0 Å². The largest absolute Gasteiger partial charge is 0.497 e. The minimum Gasteiger partial charge on any atom is -0.497 e. The third-order valence-corrected chi connectivity index (χ3v) is 5.57. The quantitative estimate of drug-likeness (QED) is 0.512. The van der Waals surface area contributed by atoms with Crippen LogP contribution in [-0.2, 0) is 6.42 Å². The molecule has 3 aromatic rings. The van der Waals surface area contributed by atoms with Gasteiger partial charge in [-0.1, -0.05) is 18.2 Å². The highest BCUT2D eigenvalue weighted by Gasteiger charge is 2.28. The first kappa shape index (κ1) is 22.4. The van der Waals surface area contributed by atoms with Crippen molar-refractivity contribution >= 4 is 23.1 Å². The zero-order valence-electron chi connectivity index (χ0n) is 18.8. The summed E-state index contributed by atoms with van der Waals surface area (Å²) < 4.78 is 18.5. The summed E-state index contributed by atoms with van der Waals surface area (Å²) in [5.41, 5.74) is 3.79. The van der Waals surface area contributed by atoms with Crippen LogP contribution < -0.4 is 10.1 Å². The van der Waals surface area contributed by atoms with Gasteiger partial charge in [0.25, 0.3) is 5.91 Å². The molecule has 0 saturated carbocycles. The Balaban J connectivity index is 1.55. The maximum absolute atomic E-state index is 13.2. The van der Waals surface area contributed by atoms with Gasteiger partial charge in [-0.3, -0.25) is 14.6 Å². The SMILES string of the molecule is COc1ccc2c(c1)C(CC(=O)c1cccc(NC(=O)c3ccc(F)cc3)c1)=NC(C)(C)C2. The summed E-state index contributed by atoms with van der Waals surface area (Å²) in [7, 11) is 1.61. The number of fused-ring (bicyclic) bond motifs is 1. The number of methoxy groups -OCH3 is 1. The Labute approximate surface area is 192 Å². The van der Waals surface area contributed by atoms with E-state index in [-0.39, 0.29) is 23.7 Å². The lowest BCUT2D eigenvalue weighted by Crippen LogP contribution is -2.30. The van der Waals surface area contributed by atoms with Crippen molar-refractivity contribution in [2.24, 2.45) is 4.99 Å². The Morgan fingerprint density at radius 1 is 1.03 bits per heavy atom. The summed E-state index contributed by atoms with van der Waals surface area (Å²) in [6.45, 7) is 4.10. The van der Waals surface area contributed by atoms with E-state index in [0.717, 1.165) is 29.0 Å². The summed E-state index contributed by atoms with van der Waals surface area (Å²) in [6, 6.07) is 18.0. The molecule has 1 N–H and O–H groups in total. The standard InChI is InChI=1S/C27H25FN2O3/c1-27(2)16-19-9-12-22(33-3)14-23(19)24(30-27)15-25(31)18-5-4-6-21(13-18)29-26(32)17-7-10-20(28)11-8-17/h4-14H,15-16H2,1-3H3,(H,29,32). The van der Waals surface area contributed by atoms with E-state index in [9.17, 15) is 14.0 Å². The van der Waals surface area contributed by atoms with Crippen molar-refractivity contribution < 1.29 is 18.7 Å². The van der Waals surface area contributed by atoms with Crippen LogP contribution in [0.5, 0.6) is 5.75 Å². The van der Waals surface area contributed by atoms with Gasteiger partial charge in [0.1, 0.15) is 11.6 Å². The van der Waals surface area contributed by atoms with Crippen LogP contribution in [0.25, 0.3) is 0 Å². The lowest BCUT2D eigenvalue weighted by molar-refractivity contribution is 0.0996. The first-order chi connectivity index (χ1) is 15.7. The fourth-order valence-corrected chi connectivity index (χ4v) is 4.00. The number of ether oxygens (including phenoxy) is 1. The number of ketones is 1. The highest BCUT2D eigenvalue weighted by Crippen LogP contribution is 2.31. The van der Waals surface area contributed by atoms with E-state index in [0.29, 0.717) is 16.8 Å². The molecule has 0 spiro atoms. The van der Waals surface area contributed by atoms with Crippen molar-refractivity contribution in [3.8, 4) is 5.75 Å². The molecule has 0 atom stereocenters. The molecule has 0 saturated heterocycles. The minimum absolute atomic E-state index is 0.0990. The zero-order valence-corrected chi connectivity index (χ0v) is 18.8. The first-order valence-corrected chi connectivity index (χ1v) is 10.7. The highest BCUT2D eigenvalue weighted by molar-refractivity contribution is 6.17. The van der Waals surface area contributed by atoms with E-state index in [1.807, 2.05) is 18.2 Å². The summed E-state index contributed by atoms with van der Waals surface area (Å²) >= 11 is 0. The predicted molar refractivity (Wildman–Crippen MR) is 127 cm³/mol. The molecule has 0 radical (unpaired) electrons. The van der Waals surface area contributed by atoms with Crippen LogP contribution in [0, 0.1) is 5.82 Å². The lowest BCUT2D eigenvalue weighted by Gasteiger charge is -2.29. The van der Waals surface area contributed by atoms with Gasteiger partial charge in [-0.25, -0.2) is 4.39 Å². The zero-order chi connectivity index (χ0) is 23.6. The number of nitrogens with one attached hydrogen (secondary N) is 1. The molecule has 1 aliphatic heterocycles. The molecular weight excluding hydrogens is 419 g/mol. The van der Waals surface area contributed by atoms with E-state index in [1.54, 1.807) is 31.4 Å². The molecular formula is C27H25FN2O3. The number of nitrogens with zero attached hydrogens (tertiary/aromatic N) is 1. The second-order valence-corrected chi connectivity index (χ2v) is 8.71. The number of Topliss-reactive ketones (excluding diaryl/α,β-unsaturated/α-hetero) is 1. The molecule has 0 aliphatic carbocycles. The molecule has 0 aromatic heterocycles. The Morgan fingerprint density at radius 3 is 2.52 bits per heavy atom. The summed E-state index contributed by atoms with van der Waals surface area (Å²) in [5.74, 6) is -0.164. The van der Waals surface area contributed by atoms with Gasteiger partial charge in [-0.15, -0.1) is 0 Å². The number of hydrogen-bond donors (Lipinski definition) is 1. The van der Waals surface area contributed by atoms with Crippen LogP contribution in [0.15, 0.2) is 71.7 Å². The average Bonchev–Trinajstić information content (AvgIpc) is 2.78. The third-order valence-electron chi connectivity index (χ3n) is 5.57. The van der Waals surface area contributed by atoms with Crippen LogP contribution in [0.2, 0.25) is 0 Å². The summed E-state index contributed by atoms with van der Waals surface area (Å²) in [5, 5.41) is 2.76. The Hall–Kier alpha value is -3.80. The van der Waals surface area contributed by atoms with Crippen molar-refractivity contribution in [1.82, 2.24) is 0 Å². The van der Waals surface area contributed by atoms with Crippen molar-refractivity contribution in [2.75, 3.05) is 12.4 Å². The van der Waals surface area contributed by atoms with Crippen LogP contribution in [-0.4, -0.2) is 30.1 Å². The molecule has 168 valence electrons. The molecule has 4 rings (SSSR count). The number of aliphatic imine (C=N–C) groups is 1. The Bertz CT molecular complexity index is 1250. The van der Waals surface area contributed by atoms with E-state index < -0.39 is 5.82 Å². The van der Waals surface area contributed by atoms with Crippen molar-refractivity contribution in [2.45, 2.75) is 32.2 Å². The number of hydrogen-bond acceptors (Lipinski definition) is 4. The van der Waals surface area contributed by atoms with Crippen LogP contribution in [0.1, 0.15) is 52.1 Å². The number of carbonyl (C=O) groups excluding carboxylic acids is 2. The normalized spacial score (nSPS) is 14.1. The number of rotatable bonds is 6. The van der Waals surface area contributed by atoms with Gasteiger partial charge in [0, 0.05) is 22.4 Å². The Kier molecular flexibility index (Phi) is 6.09. The van der Waals surface area contributed by atoms with E-state index in [2.05, 4.69) is 19.2 Å². The number of carbonyl (C=O) groups is 2. The minimum atomic E-state index is -0.410. The first-order valence-electron chi connectivity index (χ1n) is 10.7. The van der Waals surface area contributed by atoms with Crippen LogP contribution in [0.4, 0.5) is 10.1 Å². The van der Waals surface area contributed by atoms with Gasteiger partial charge in [0.15, 0.2) is 5.78 Å². The molecule has 5 nitrogen and oxygen atoms in total. The summed E-state index contributed by atoms with van der Waals surface area (Å²) in [6.07, 6.45) is 0.924. The molecule has 6 heteroatoms. The third kappa shape index (κ3) is 5.17. The van der Waals surface area contributed by atoms with Gasteiger partial charge in [0.05, 0.1) is 24.8 Å². The number of amides is 1. The van der Waals surface area contributed by atoms with Crippen molar-refractivity contribution in [3.63, 3.8) is 0 Å². The fourth-order valence-electron chi connectivity index (χ4n) is 4.00. The van der Waals surface area contributed by atoms with Crippen molar-refractivity contribution in [1.29, 1.82) is 0 Å². The van der Waals surface area contributed by atoms with E-state index in [4.69, 9.17) is 9.73 Å². The fraction of sp³-hybridized carbons (Fsp3) is 0.222. The Morgan fingerprint density at radius 2 is 1.79 bits per heavy atom. The molecule has 33 heavy (non-hydrogen) atoms. The maximum atomic E-state index is 13.2. The van der Waals surface area contributed by atoms with Gasteiger partial charge in [-0.2, -0.15) is 0 Å². The average molecular weight is 445 g/mol. The maximum Gasteiger partial charge on any atom is 0.255 e. The molecule has 1 aliphatic rings. The topological polar surface area (TPSA) is 67.8 Å². The van der Waals surface area contributed by atoms with Gasteiger partial charge >= 0.3 is 0 Å². The molecule has 0 fully saturated rings.